The minimum Gasteiger partial charge on any atom is -0.454 e. The zero-order valence-electron chi connectivity index (χ0n) is 15.3. The fraction of sp³-hybridized carbons (Fsp3) is 0.300. The lowest BCUT2D eigenvalue weighted by atomic mass is 10.1. The Morgan fingerprint density at radius 1 is 1.11 bits per heavy atom. The highest BCUT2D eigenvalue weighted by Gasteiger charge is 2.13. The van der Waals surface area contributed by atoms with Crippen LogP contribution in [0.4, 0.5) is 0 Å². The van der Waals surface area contributed by atoms with Gasteiger partial charge in [-0.25, -0.2) is 4.99 Å². The van der Waals surface area contributed by atoms with E-state index in [2.05, 4.69) is 15.6 Å². The SMILES string of the molecule is CCNC(=NCc1cccc(C(N)=O)c1)NCCc1ccc2c(c1)OCO2. The fourth-order valence-electron chi connectivity index (χ4n) is 2.76. The Bertz CT molecular complexity index is 836. The number of carbonyl (C=O) groups excluding carboxylic acids is 1. The van der Waals surface area contributed by atoms with Gasteiger partial charge in [-0.2, -0.15) is 0 Å². The van der Waals surface area contributed by atoms with Crippen LogP contribution >= 0.6 is 0 Å². The Labute approximate surface area is 158 Å². The lowest BCUT2D eigenvalue weighted by Crippen LogP contribution is -2.38. The maximum atomic E-state index is 11.3. The molecule has 0 saturated heterocycles. The summed E-state index contributed by atoms with van der Waals surface area (Å²) < 4.78 is 10.7. The fourth-order valence-corrected chi connectivity index (χ4v) is 2.76. The molecule has 0 atom stereocenters. The minimum absolute atomic E-state index is 0.283. The lowest BCUT2D eigenvalue weighted by molar-refractivity contribution is 0.1000. The van der Waals surface area contributed by atoms with Crippen LogP contribution in [0.15, 0.2) is 47.5 Å². The molecule has 4 N–H and O–H groups in total. The van der Waals surface area contributed by atoms with E-state index in [0.29, 0.717) is 12.1 Å². The van der Waals surface area contributed by atoms with Crippen molar-refractivity contribution >= 4 is 11.9 Å². The first-order valence-electron chi connectivity index (χ1n) is 8.95. The normalized spacial score (nSPS) is 12.7. The number of primary amides is 1. The van der Waals surface area contributed by atoms with Crippen LogP contribution in [-0.2, 0) is 13.0 Å². The summed E-state index contributed by atoms with van der Waals surface area (Å²) in [4.78, 5) is 15.9. The summed E-state index contributed by atoms with van der Waals surface area (Å²) in [6.45, 7) is 4.25. The summed E-state index contributed by atoms with van der Waals surface area (Å²) in [6, 6.07) is 13.2. The van der Waals surface area contributed by atoms with Gasteiger partial charge in [-0.1, -0.05) is 18.2 Å². The summed E-state index contributed by atoms with van der Waals surface area (Å²) in [7, 11) is 0. The van der Waals surface area contributed by atoms with Crippen LogP contribution < -0.4 is 25.8 Å². The van der Waals surface area contributed by atoms with Gasteiger partial charge in [0.25, 0.3) is 0 Å². The van der Waals surface area contributed by atoms with Gasteiger partial charge in [-0.15, -0.1) is 0 Å². The zero-order valence-corrected chi connectivity index (χ0v) is 15.3. The molecule has 0 bridgehead atoms. The molecule has 0 aromatic heterocycles. The summed E-state index contributed by atoms with van der Waals surface area (Å²) >= 11 is 0. The molecular weight excluding hydrogens is 344 g/mol. The number of benzene rings is 2. The number of hydrogen-bond acceptors (Lipinski definition) is 4. The van der Waals surface area contributed by atoms with E-state index in [9.17, 15) is 4.79 Å². The smallest absolute Gasteiger partial charge is 0.248 e. The van der Waals surface area contributed by atoms with Crippen LogP contribution in [0.1, 0.15) is 28.4 Å². The van der Waals surface area contributed by atoms with Crippen LogP contribution in [0.2, 0.25) is 0 Å². The van der Waals surface area contributed by atoms with Crippen LogP contribution in [0.25, 0.3) is 0 Å². The van der Waals surface area contributed by atoms with E-state index in [1.807, 2.05) is 37.3 Å². The first kappa shape index (κ1) is 18.6. The van der Waals surface area contributed by atoms with E-state index < -0.39 is 5.91 Å². The lowest BCUT2D eigenvalue weighted by Gasteiger charge is -2.11. The average Bonchev–Trinajstić information content (AvgIpc) is 3.14. The van der Waals surface area contributed by atoms with Crippen LogP contribution in [0.5, 0.6) is 11.5 Å². The number of nitrogens with zero attached hydrogens (tertiary/aromatic N) is 1. The largest absolute Gasteiger partial charge is 0.454 e. The number of aliphatic imine (C=N–C) groups is 1. The third kappa shape index (κ3) is 5.13. The second kappa shape index (κ2) is 8.93. The average molecular weight is 368 g/mol. The van der Waals surface area contributed by atoms with Crippen molar-refractivity contribution in [2.75, 3.05) is 19.9 Å². The van der Waals surface area contributed by atoms with Gasteiger partial charge < -0.3 is 25.8 Å². The number of amides is 1. The highest BCUT2D eigenvalue weighted by atomic mass is 16.7. The highest BCUT2D eigenvalue weighted by molar-refractivity contribution is 5.92. The number of nitrogens with one attached hydrogen (secondary N) is 2. The summed E-state index contributed by atoms with van der Waals surface area (Å²) in [5, 5.41) is 6.54. The molecule has 7 heteroatoms. The summed E-state index contributed by atoms with van der Waals surface area (Å²) in [6.07, 6.45) is 0.832. The van der Waals surface area contributed by atoms with Crippen molar-refractivity contribution in [1.82, 2.24) is 10.6 Å². The minimum atomic E-state index is -0.436. The molecule has 0 radical (unpaired) electrons. The molecule has 2 aromatic carbocycles. The molecule has 0 unspecified atom stereocenters. The van der Waals surface area contributed by atoms with Gasteiger partial charge in [-0.05, 0) is 48.7 Å². The molecule has 1 heterocycles. The molecule has 1 aliphatic rings. The number of fused-ring (bicyclic) bond motifs is 1. The van der Waals surface area contributed by atoms with Crippen LogP contribution in [0, 0.1) is 0 Å². The molecule has 0 aliphatic carbocycles. The number of nitrogens with two attached hydrogens (primary N) is 1. The number of rotatable bonds is 7. The second-order valence-electron chi connectivity index (χ2n) is 6.12. The van der Waals surface area contributed by atoms with Crippen molar-refractivity contribution in [3.63, 3.8) is 0 Å². The molecule has 1 aliphatic heterocycles. The maximum Gasteiger partial charge on any atom is 0.248 e. The Morgan fingerprint density at radius 3 is 2.78 bits per heavy atom. The maximum absolute atomic E-state index is 11.3. The standard InChI is InChI=1S/C20H24N4O3/c1-2-22-20(24-12-15-4-3-5-16(10-15)19(21)25)23-9-8-14-6-7-17-18(11-14)27-13-26-17/h3-7,10-11H,2,8-9,12-13H2,1H3,(H2,21,25)(H2,22,23,24). The van der Waals surface area contributed by atoms with Crippen molar-refractivity contribution in [2.45, 2.75) is 19.9 Å². The van der Waals surface area contributed by atoms with Crippen molar-refractivity contribution in [1.29, 1.82) is 0 Å². The Kier molecular flexibility index (Phi) is 6.14. The molecule has 27 heavy (non-hydrogen) atoms. The predicted molar refractivity (Wildman–Crippen MR) is 104 cm³/mol. The van der Waals surface area contributed by atoms with Crippen LogP contribution in [0.3, 0.4) is 0 Å². The van der Waals surface area contributed by atoms with Gasteiger partial charge >= 0.3 is 0 Å². The number of hydrogen-bond donors (Lipinski definition) is 3. The van der Waals surface area contributed by atoms with Crippen molar-refractivity contribution in [3.8, 4) is 11.5 Å². The monoisotopic (exact) mass is 368 g/mol. The van der Waals surface area contributed by atoms with Crippen LogP contribution in [-0.4, -0.2) is 31.7 Å². The van der Waals surface area contributed by atoms with E-state index >= 15 is 0 Å². The molecule has 1 amide bonds. The van der Waals surface area contributed by atoms with Crippen molar-refractivity contribution in [3.05, 3.63) is 59.2 Å². The van der Waals surface area contributed by atoms with Crippen molar-refractivity contribution in [2.24, 2.45) is 10.7 Å². The molecule has 7 nitrogen and oxygen atoms in total. The first-order valence-corrected chi connectivity index (χ1v) is 8.95. The molecule has 2 aromatic rings. The van der Waals surface area contributed by atoms with Gasteiger partial charge in [0.15, 0.2) is 17.5 Å². The predicted octanol–water partition coefficient (Wildman–Crippen LogP) is 1.81. The first-order chi connectivity index (χ1) is 13.2. The number of ether oxygens (including phenoxy) is 2. The van der Waals surface area contributed by atoms with E-state index in [1.54, 1.807) is 12.1 Å². The van der Waals surface area contributed by atoms with E-state index in [4.69, 9.17) is 15.2 Å². The van der Waals surface area contributed by atoms with Crippen molar-refractivity contribution < 1.29 is 14.3 Å². The third-order valence-electron chi connectivity index (χ3n) is 4.12. The quantitative estimate of drug-likeness (QED) is 0.511. The molecule has 0 spiro atoms. The van der Waals surface area contributed by atoms with E-state index in [-0.39, 0.29) is 6.79 Å². The summed E-state index contributed by atoms with van der Waals surface area (Å²) in [5.74, 6) is 1.87. The van der Waals surface area contributed by atoms with Gasteiger partial charge in [0, 0.05) is 18.7 Å². The number of guanidine groups is 1. The van der Waals surface area contributed by atoms with Gasteiger partial charge in [0.2, 0.25) is 12.7 Å². The summed E-state index contributed by atoms with van der Waals surface area (Å²) in [5.41, 5.74) is 7.91. The molecule has 0 saturated carbocycles. The Morgan fingerprint density at radius 2 is 1.96 bits per heavy atom. The Hall–Kier alpha value is -3.22. The van der Waals surface area contributed by atoms with E-state index in [0.717, 1.165) is 48.1 Å². The molecule has 142 valence electrons. The third-order valence-corrected chi connectivity index (χ3v) is 4.12. The number of carbonyl (C=O) groups is 1. The van der Waals surface area contributed by atoms with Gasteiger partial charge in [0.05, 0.1) is 6.54 Å². The zero-order chi connectivity index (χ0) is 19.1. The Balaban J connectivity index is 1.56. The molecule has 3 rings (SSSR count). The van der Waals surface area contributed by atoms with Gasteiger partial charge in [0.1, 0.15) is 0 Å². The topological polar surface area (TPSA) is 98.0 Å². The van der Waals surface area contributed by atoms with Gasteiger partial charge in [-0.3, -0.25) is 4.79 Å². The van der Waals surface area contributed by atoms with E-state index in [1.165, 1.54) is 0 Å². The molecular formula is C20H24N4O3. The second-order valence-corrected chi connectivity index (χ2v) is 6.12. The highest BCUT2D eigenvalue weighted by Crippen LogP contribution is 2.32. The molecule has 0 fully saturated rings.